The molecule has 7 heteroatoms. The van der Waals surface area contributed by atoms with Crippen molar-refractivity contribution in [3.05, 3.63) is 12.7 Å². The molecule has 0 bridgehead atoms. The lowest BCUT2D eigenvalue weighted by Crippen LogP contribution is -2.55. The zero-order valence-corrected chi connectivity index (χ0v) is 24.3. The van der Waals surface area contributed by atoms with E-state index in [0.29, 0.717) is 13.0 Å². The van der Waals surface area contributed by atoms with E-state index < -0.39 is 27.6 Å². The third-order valence-corrected chi connectivity index (χ3v) is 17.0. The molecule has 3 atom stereocenters. The highest BCUT2D eigenvalue weighted by Gasteiger charge is 2.43. The summed E-state index contributed by atoms with van der Waals surface area (Å²) in [4.78, 5) is 0. The van der Waals surface area contributed by atoms with Crippen molar-refractivity contribution in [3.8, 4) is 0 Å². The highest BCUT2D eigenvalue weighted by atomic mass is 32.2. The van der Waals surface area contributed by atoms with E-state index in [9.17, 15) is 4.21 Å². The van der Waals surface area contributed by atoms with Crippen LogP contribution in [0.2, 0.25) is 36.3 Å². The predicted octanol–water partition coefficient (Wildman–Crippen LogP) is 6.40. The third kappa shape index (κ3) is 9.07. The van der Waals surface area contributed by atoms with Crippen molar-refractivity contribution >= 4 is 27.6 Å². The average molecular weight is 464 g/mol. The summed E-state index contributed by atoms with van der Waals surface area (Å²) in [6, 6.07) is -0.105. The zero-order valence-electron chi connectivity index (χ0n) is 21.5. The molecule has 0 amide bonds. The summed E-state index contributed by atoms with van der Waals surface area (Å²) in [5, 5.41) is 0.217. The number of rotatable bonds is 10. The Morgan fingerprint density at radius 1 is 0.931 bits per heavy atom. The van der Waals surface area contributed by atoms with Gasteiger partial charge in [0.2, 0.25) is 0 Å². The maximum atomic E-state index is 12.9. The summed E-state index contributed by atoms with van der Waals surface area (Å²) in [6.45, 7) is 32.9. The van der Waals surface area contributed by atoms with Gasteiger partial charge in [0.15, 0.2) is 16.6 Å². The van der Waals surface area contributed by atoms with E-state index in [4.69, 9.17) is 8.85 Å². The lowest BCUT2D eigenvalue weighted by atomic mass is 10.1. The SMILES string of the molecule is C=CC[C@@H](N[S@@](=O)C(C)(C)C)[C@@H](CO[Si](C)(C)C(C)(C)C)O[Si](C)(C)C(C)(C)C. The average Bonchev–Trinajstić information content (AvgIpc) is 2.47. The molecular formula is C22H49NO3SSi2. The second kappa shape index (κ2) is 10.2. The lowest BCUT2D eigenvalue weighted by Gasteiger charge is -2.43. The van der Waals surface area contributed by atoms with Gasteiger partial charge in [0.1, 0.15) is 0 Å². The first kappa shape index (κ1) is 29.2. The van der Waals surface area contributed by atoms with E-state index in [1.165, 1.54) is 0 Å². The molecule has 0 radical (unpaired) electrons. The summed E-state index contributed by atoms with van der Waals surface area (Å²) in [7, 11) is -5.15. The first-order valence-electron chi connectivity index (χ1n) is 10.8. The number of hydrogen-bond donors (Lipinski definition) is 1. The predicted molar refractivity (Wildman–Crippen MR) is 135 cm³/mol. The largest absolute Gasteiger partial charge is 0.414 e. The van der Waals surface area contributed by atoms with Crippen molar-refractivity contribution < 1.29 is 13.1 Å². The summed E-state index contributed by atoms with van der Waals surface area (Å²) in [5.41, 5.74) is 0. The van der Waals surface area contributed by atoms with Crippen molar-refractivity contribution in [1.29, 1.82) is 0 Å². The lowest BCUT2D eigenvalue weighted by molar-refractivity contribution is 0.0831. The van der Waals surface area contributed by atoms with E-state index in [-0.39, 0.29) is 27.0 Å². The van der Waals surface area contributed by atoms with E-state index in [1.54, 1.807) is 0 Å². The molecule has 0 aromatic heterocycles. The molecule has 0 aliphatic carbocycles. The molecule has 0 saturated carbocycles. The molecule has 29 heavy (non-hydrogen) atoms. The molecule has 4 nitrogen and oxygen atoms in total. The van der Waals surface area contributed by atoms with Crippen molar-refractivity contribution in [2.24, 2.45) is 0 Å². The Bertz CT molecular complexity index is 558. The first-order chi connectivity index (χ1) is 12.7. The second-order valence-corrected chi connectivity index (χ2v) is 23.7. The van der Waals surface area contributed by atoms with Crippen molar-refractivity contribution in [2.45, 2.75) is 122 Å². The molecule has 0 aromatic carbocycles. The Morgan fingerprint density at radius 2 is 1.38 bits per heavy atom. The zero-order chi connectivity index (χ0) is 23.5. The fourth-order valence-corrected chi connectivity index (χ4v) is 5.30. The highest BCUT2D eigenvalue weighted by molar-refractivity contribution is 7.84. The van der Waals surface area contributed by atoms with E-state index >= 15 is 0 Å². The van der Waals surface area contributed by atoms with Crippen LogP contribution in [0.1, 0.15) is 68.7 Å². The van der Waals surface area contributed by atoms with Crippen LogP contribution in [0.5, 0.6) is 0 Å². The molecule has 0 aromatic rings. The van der Waals surface area contributed by atoms with Crippen LogP contribution in [0, 0.1) is 0 Å². The smallest absolute Gasteiger partial charge is 0.192 e. The Balaban J connectivity index is 5.84. The van der Waals surface area contributed by atoms with E-state index in [1.807, 2.05) is 26.8 Å². The minimum absolute atomic E-state index is 0.0874. The van der Waals surface area contributed by atoms with Crippen LogP contribution in [0.4, 0.5) is 0 Å². The number of nitrogens with one attached hydrogen (secondary N) is 1. The van der Waals surface area contributed by atoms with Crippen LogP contribution in [-0.4, -0.2) is 44.3 Å². The maximum absolute atomic E-state index is 12.9. The van der Waals surface area contributed by atoms with Crippen LogP contribution < -0.4 is 4.72 Å². The fourth-order valence-electron chi connectivity index (χ4n) is 2.06. The molecule has 0 unspecified atom stereocenters. The van der Waals surface area contributed by atoms with Gasteiger partial charge in [-0.3, -0.25) is 0 Å². The molecule has 1 N–H and O–H groups in total. The molecule has 0 saturated heterocycles. The van der Waals surface area contributed by atoms with Crippen molar-refractivity contribution in [3.63, 3.8) is 0 Å². The normalized spacial score (nSPS) is 17.7. The Hall–Kier alpha value is 0.204. The Morgan fingerprint density at radius 3 is 1.72 bits per heavy atom. The van der Waals surface area contributed by atoms with Gasteiger partial charge < -0.3 is 8.85 Å². The van der Waals surface area contributed by atoms with Gasteiger partial charge in [-0.25, -0.2) is 8.93 Å². The van der Waals surface area contributed by atoms with Gasteiger partial charge in [0.05, 0.1) is 34.5 Å². The summed E-state index contributed by atoms with van der Waals surface area (Å²) in [5.74, 6) is 0. The summed E-state index contributed by atoms with van der Waals surface area (Å²) in [6.07, 6.45) is 2.39. The molecule has 174 valence electrons. The number of hydrogen-bond acceptors (Lipinski definition) is 3. The molecule has 0 aliphatic rings. The summed E-state index contributed by atoms with van der Waals surface area (Å²) >= 11 is 0. The van der Waals surface area contributed by atoms with Crippen LogP contribution >= 0.6 is 0 Å². The van der Waals surface area contributed by atoms with Gasteiger partial charge in [-0.2, -0.15) is 0 Å². The van der Waals surface area contributed by atoms with Gasteiger partial charge >= 0.3 is 0 Å². The molecule has 0 fully saturated rings. The second-order valence-electron chi connectivity index (χ2n) is 12.1. The van der Waals surface area contributed by atoms with Gasteiger partial charge in [-0.15, -0.1) is 6.58 Å². The maximum Gasteiger partial charge on any atom is 0.192 e. The molecule has 0 heterocycles. The first-order valence-corrected chi connectivity index (χ1v) is 17.7. The van der Waals surface area contributed by atoms with Crippen molar-refractivity contribution in [1.82, 2.24) is 4.72 Å². The molecule has 0 spiro atoms. The van der Waals surface area contributed by atoms with Crippen LogP contribution in [-0.2, 0) is 19.8 Å². The Labute approximate surface area is 186 Å². The van der Waals surface area contributed by atoms with Gasteiger partial charge in [0.25, 0.3) is 0 Å². The highest BCUT2D eigenvalue weighted by Crippen LogP contribution is 2.39. The minimum Gasteiger partial charge on any atom is -0.414 e. The molecule has 0 rings (SSSR count). The molecule has 0 aliphatic heterocycles. The summed E-state index contributed by atoms with van der Waals surface area (Å²) < 4.78 is 29.3. The Kier molecular flexibility index (Phi) is 10.3. The van der Waals surface area contributed by atoms with Crippen molar-refractivity contribution in [2.75, 3.05) is 6.61 Å². The van der Waals surface area contributed by atoms with Gasteiger partial charge in [-0.1, -0.05) is 47.6 Å². The van der Waals surface area contributed by atoms with Crippen LogP contribution in [0.15, 0.2) is 12.7 Å². The fraction of sp³-hybridized carbons (Fsp3) is 0.909. The van der Waals surface area contributed by atoms with E-state index in [0.717, 1.165) is 0 Å². The third-order valence-electron chi connectivity index (χ3n) is 6.35. The minimum atomic E-state index is -2.04. The van der Waals surface area contributed by atoms with Gasteiger partial charge in [-0.05, 0) is 63.5 Å². The standard InChI is InChI=1S/C22H49NO3SSi2/c1-15-16-18(23-27(24)20(2,3)4)19(26-29(13,14)22(8,9)10)17-25-28(11,12)21(5,6)7/h15,18-19,23H,1,16-17H2,2-14H3/t18-,19-,27+/m1/s1. The quantitative estimate of drug-likeness (QED) is 0.301. The topological polar surface area (TPSA) is 47.6 Å². The van der Waals surface area contributed by atoms with Crippen LogP contribution in [0.3, 0.4) is 0 Å². The van der Waals surface area contributed by atoms with E-state index in [2.05, 4.69) is 79.0 Å². The van der Waals surface area contributed by atoms with Gasteiger partial charge in [0, 0.05) is 0 Å². The van der Waals surface area contributed by atoms with Crippen LogP contribution in [0.25, 0.3) is 0 Å². The molecular weight excluding hydrogens is 414 g/mol. The monoisotopic (exact) mass is 463 g/mol.